The fourth-order valence-corrected chi connectivity index (χ4v) is 2.49. The summed E-state index contributed by atoms with van der Waals surface area (Å²) in [4.78, 5) is 16.0. The minimum atomic E-state index is -0.855. The van der Waals surface area contributed by atoms with Crippen LogP contribution in [0.1, 0.15) is 49.3 Å². The number of carboxylic acids is 1. The molecule has 5 heteroatoms. The normalized spacial score (nSPS) is 14.4. The summed E-state index contributed by atoms with van der Waals surface area (Å²) < 4.78 is 1.77. The summed E-state index contributed by atoms with van der Waals surface area (Å²) in [6.45, 7) is 7.72. The Labute approximate surface area is 118 Å². The first-order chi connectivity index (χ1) is 9.36. The van der Waals surface area contributed by atoms with E-state index < -0.39 is 12.0 Å². The third-order valence-corrected chi connectivity index (χ3v) is 3.72. The SMILES string of the molecule is CCC(C(=O)O)n1c(C(C)N)nc2cc(C)c(C)cc21. The summed E-state index contributed by atoms with van der Waals surface area (Å²) in [7, 11) is 0. The highest BCUT2D eigenvalue weighted by Gasteiger charge is 2.25. The van der Waals surface area contributed by atoms with Crippen LogP contribution in [-0.2, 0) is 4.79 Å². The van der Waals surface area contributed by atoms with Gasteiger partial charge in [-0.1, -0.05) is 6.92 Å². The van der Waals surface area contributed by atoms with E-state index in [-0.39, 0.29) is 6.04 Å². The molecule has 0 radical (unpaired) electrons. The Bertz CT molecular complexity index is 659. The van der Waals surface area contributed by atoms with Crippen LogP contribution < -0.4 is 5.73 Å². The number of benzene rings is 1. The van der Waals surface area contributed by atoms with Gasteiger partial charge < -0.3 is 15.4 Å². The number of aliphatic carboxylic acids is 1. The Morgan fingerprint density at radius 2 is 2.00 bits per heavy atom. The molecule has 0 aliphatic heterocycles. The van der Waals surface area contributed by atoms with E-state index in [9.17, 15) is 9.90 Å². The molecule has 1 aromatic carbocycles. The molecule has 0 amide bonds. The zero-order chi connectivity index (χ0) is 15.0. The molecule has 0 aliphatic rings. The molecule has 0 fully saturated rings. The van der Waals surface area contributed by atoms with E-state index in [1.54, 1.807) is 4.57 Å². The molecule has 0 aliphatic carbocycles. The number of hydrogen-bond acceptors (Lipinski definition) is 3. The van der Waals surface area contributed by atoms with Crippen LogP contribution in [-0.4, -0.2) is 20.6 Å². The predicted octanol–water partition coefficient (Wildman–Crippen LogP) is 2.71. The van der Waals surface area contributed by atoms with Gasteiger partial charge in [-0.05, 0) is 50.5 Å². The topological polar surface area (TPSA) is 81.1 Å². The van der Waals surface area contributed by atoms with Gasteiger partial charge in [0.25, 0.3) is 0 Å². The van der Waals surface area contributed by atoms with Gasteiger partial charge in [-0.2, -0.15) is 0 Å². The molecule has 2 unspecified atom stereocenters. The van der Waals surface area contributed by atoms with Gasteiger partial charge >= 0.3 is 5.97 Å². The minimum Gasteiger partial charge on any atom is -0.480 e. The van der Waals surface area contributed by atoms with Crippen molar-refractivity contribution in [2.24, 2.45) is 5.73 Å². The Kier molecular flexibility index (Phi) is 3.81. The first-order valence-corrected chi connectivity index (χ1v) is 6.84. The van der Waals surface area contributed by atoms with Crippen LogP contribution >= 0.6 is 0 Å². The van der Waals surface area contributed by atoms with Crippen LogP contribution in [0.3, 0.4) is 0 Å². The first kappa shape index (κ1) is 14.5. The Morgan fingerprint density at radius 1 is 1.40 bits per heavy atom. The molecule has 1 aromatic heterocycles. The second-order valence-corrected chi connectivity index (χ2v) is 5.32. The second kappa shape index (κ2) is 5.25. The van der Waals surface area contributed by atoms with Crippen LogP contribution in [0.2, 0.25) is 0 Å². The number of hydrogen-bond donors (Lipinski definition) is 2. The average molecular weight is 275 g/mol. The van der Waals surface area contributed by atoms with Gasteiger partial charge in [-0.25, -0.2) is 9.78 Å². The van der Waals surface area contributed by atoms with E-state index in [4.69, 9.17) is 5.73 Å². The van der Waals surface area contributed by atoms with E-state index >= 15 is 0 Å². The quantitative estimate of drug-likeness (QED) is 0.899. The van der Waals surface area contributed by atoms with Crippen molar-refractivity contribution in [1.29, 1.82) is 0 Å². The number of rotatable bonds is 4. The maximum atomic E-state index is 11.5. The van der Waals surface area contributed by atoms with E-state index in [0.29, 0.717) is 12.2 Å². The molecule has 2 aromatic rings. The van der Waals surface area contributed by atoms with Crippen molar-refractivity contribution in [3.05, 3.63) is 29.1 Å². The standard InChI is InChI=1S/C15H21N3O2/c1-5-12(15(19)20)18-13-7-9(3)8(2)6-11(13)17-14(18)10(4)16/h6-7,10,12H,5,16H2,1-4H3,(H,19,20). The molecular formula is C15H21N3O2. The maximum Gasteiger partial charge on any atom is 0.326 e. The molecule has 108 valence electrons. The molecular weight excluding hydrogens is 254 g/mol. The summed E-state index contributed by atoms with van der Waals surface area (Å²) in [6, 6.07) is 3.04. The predicted molar refractivity (Wildman–Crippen MR) is 78.8 cm³/mol. The Hall–Kier alpha value is -1.88. The number of carboxylic acid groups (broad SMARTS) is 1. The van der Waals surface area contributed by atoms with Crippen LogP contribution in [0.5, 0.6) is 0 Å². The summed E-state index contributed by atoms with van der Waals surface area (Å²) >= 11 is 0. The van der Waals surface area contributed by atoms with Gasteiger partial charge in [0.2, 0.25) is 0 Å². The lowest BCUT2D eigenvalue weighted by molar-refractivity contribution is -0.140. The van der Waals surface area contributed by atoms with Crippen LogP contribution in [0.15, 0.2) is 12.1 Å². The zero-order valence-corrected chi connectivity index (χ0v) is 12.3. The molecule has 1 heterocycles. The fourth-order valence-electron chi connectivity index (χ4n) is 2.49. The van der Waals surface area contributed by atoms with E-state index in [1.165, 1.54) is 0 Å². The van der Waals surface area contributed by atoms with Gasteiger partial charge in [0.05, 0.1) is 17.1 Å². The van der Waals surface area contributed by atoms with Crippen molar-refractivity contribution < 1.29 is 9.90 Å². The highest BCUT2D eigenvalue weighted by atomic mass is 16.4. The minimum absolute atomic E-state index is 0.309. The molecule has 5 nitrogen and oxygen atoms in total. The number of carbonyl (C=O) groups is 1. The van der Waals surface area contributed by atoms with Gasteiger partial charge in [-0.15, -0.1) is 0 Å². The van der Waals surface area contributed by atoms with Crippen molar-refractivity contribution in [2.75, 3.05) is 0 Å². The lowest BCUT2D eigenvalue weighted by Crippen LogP contribution is -2.23. The van der Waals surface area contributed by atoms with E-state index in [0.717, 1.165) is 22.2 Å². The third kappa shape index (κ3) is 2.29. The van der Waals surface area contributed by atoms with Crippen LogP contribution in [0.4, 0.5) is 0 Å². The molecule has 2 rings (SSSR count). The third-order valence-electron chi connectivity index (χ3n) is 3.72. The highest BCUT2D eigenvalue weighted by molar-refractivity contribution is 5.82. The number of nitrogens with zero attached hydrogens (tertiary/aromatic N) is 2. The summed E-state index contributed by atoms with van der Waals surface area (Å²) in [6.07, 6.45) is 0.493. The van der Waals surface area contributed by atoms with Crippen molar-refractivity contribution in [3.8, 4) is 0 Å². The van der Waals surface area contributed by atoms with Crippen molar-refractivity contribution in [1.82, 2.24) is 9.55 Å². The van der Waals surface area contributed by atoms with E-state index in [2.05, 4.69) is 4.98 Å². The van der Waals surface area contributed by atoms with Crippen molar-refractivity contribution >= 4 is 17.0 Å². The Morgan fingerprint density at radius 3 is 2.50 bits per heavy atom. The molecule has 3 N–H and O–H groups in total. The molecule has 0 bridgehead atoms. The molecule has 0 saturated carbocycles. The summed E-state index contributed by atoms with van der Waals surface area (Å²) in [5, 5.41) is 9.45. The smallest absolute Gasteiger partial charge is 0.326 e. The van der Waals surface area contributed by atoms with Crippen molar-refractivity contribution in [2.45, 2.75) is 46.2 Å². The lowest BCUT2D eigenvalue weighted by atomic mass is 10.1. The van der Waals surface area contributed by atoms with Crippen LogP contribution in [0, 0.1) is 13.8 Å². The number of imidazole rings is 1. The van der Waals surface area contributed by atoms with E-state index in [1.807, 2.05) is 39.8 Å². The zero-order valence-electron chi connectivity index (χ0n) is 12.3. The number of nitrogens with two attached hydrogens (primary N) is 1. The number of aryl methyl sites for hydroxylation is 2. The van der Waals surface area contributed by atoms with Gasteiger partial charge in [0.15, 0.2) is 0 Å². The average Bonchev–Trinajstić information content (AvgIpc) is 2.70. The number of aromatic nitrogens is 2. The fraction of sp³-hybridized carbons (Fsp3) is 0.467. The lowest BCUT2D eigenvalue weighted by Gasteiger charge is -2.18. The van der Waals surface area contributed by atoms with Gasteiger partial charge in [0, 0.05) is 0 Å². The van der Waals surface area contributed by atoms with Gasteiger partial charge in [-0.3, -0.25) is 0 Å². The molecule has 0 spiro atoms. The summed E-state index contributed by atoms with van der Waals surface area (Å²) in [5.74, 6) is -0.230. The van der Waals surface area contributed by atoms with Crippen LogP contribution in [0.25, 0.3) is 11.0 Å². The first-order valence-electron chi connectivity index (χ1n) is 6.84. The summed E-state index contributed by atoms with van der Waals surface area (Å²) in [5.41, 5.74) is 9.88. The van der Waals surface area contributed by atoms with Crippen molar-refractivity contribution in [3.63, 3.8) is 0 Å². The van der Waals surface area contributed by atoms with Gasteiger partial charge in [0.1, 0.15) is 11.9 Å². The molecule has 2 atom stereocenters. The maximum absolute atomic E-state index is 11.5. The molecule has 20 heavy (non-hydrogen) atoms. The highest BCUT2D eigenvalue weighted by Crippen LogP contribution is 2.28. The monoisotopic (exact) mass is 275 g/mol. The molecule has 0 saturated heterocycles. The Balaban J connectivity index is 2.80. The largest absolute Gasteiger partial charge is 0.480 e. The second-order valence-electron chi connectivity index (χ2n) is 5.32. The number of fused-ring (bicyclic) bond motifs is 1.